The van der Waals surface area contributed by atoms with E-state index in [4.69, 9.17) is 0 Å². The molecule has 1 aromatic rings. The van der Waals surface area contributed by atoms with Crippen LogP contribution in [-0.2, 0) is 18.4 Å². The van der Waals surface area contributed by atoms with E-state index < -0.39 is 0 Å². The molecule has 2 saturated heterocycles. The smallest absolute Gasteiger partial charge is 0.236 e. The predicted molar refractivity (Wildman–Crippen MR) is 102 cm³/mol. The van der Waals surface area contributed by atoms with E-state index >= 15 is 0 Å². The van der Waals surface area contributed by atoms with Gasteiger partial charge in [0.2, 0.25) is 5.91 Å². The van der Waals surface area contributed by atoms with Crippen LogP contribution in [0.15, 0.2) is 0 Å². The molecule has 7 heteroatoms. The Bertz CT molecular complexity index is 591. The summed E-state index contributed by atoms with van der Waals surface area (Å²) < 4.78 is 2.12. The maximum atomic E-state index is 12.8. The van der Waals surface area contributed by atoms with Crippen molar-refractivity contribution in [3.05, 3.63) is 11.6 Å². The van der Waals surface area contributed by atoms with Gasteiger partial charge in [-0.15, -0.1) is 10.2 Å². The summed E-state index contributed by atoms with van der Waals surface area (Å²) >= 11 is 0. The summed E-state index contributed by atoms with van der Waals surface area (Å²) in [5.41, 5.74) is 0. The highest BCUT2D eigenvalue weighted by Gasteiger charge is 2.29. The van der Waals surface area contributed by atoms with Crippen molar-refractivity contribution < 1.29 is 4.79 Å². The minimum atomic E-state index is 0.285. The molecule has 0 N–H and O–H groups in total. The lowest BCUT2D eigenvalue weighted by Gasteiger charge is -2.33. The third kappa shape index (κ3) is 4.82. The highest BCUT2D eigenvalue weighted by atomic mass is 16.2. The van der Waals surface area contributed by atoms with Gasteiger partial charge in [-0.25, -0.2) is 0 Å². The average Bonchev–Trinajstić information content (AvgIpc) is 2.82. The van der Waals surface area contributed by atoms with Gasteiger partial charge in [-0.3, -0.25) is 9.69 Å². The molecule has 0 saturated carbocycles. The van der Waals surface area contributed by atoms with Crippen LogP contribution in [0.4, 0.5) is 0 Å². The van der Waals surface area contributed by atoms with E-state index in [1.807, 2.05) is 21.1 Å². The van der Waals surface area contributed by atoms with Gasteiger partial charge >= 0.3 is 0 Å². The van der Waals surface area contributed by atoms with Gasteiger partial charge < -0.3 is 14.4 Å². The Labute approximate surface area is 157 Å². The molecule has 0 spiro atoms. The summed E-state index contributed by atoms with van der Waals surface area (Å²) in [6, 6.07) is 0. The quantitative estimate of drug-likeness (QED) is 0.794. The van der Waals surface area contributed by atoms with Gasteiger partial charge in [0, 0.05) is 26.1 Å². The molecule has 2 aliphatic heterocycles. The molecule has 0 aliphatic carbocycles. The SMILES string of the molecule is CN(C)Cc1nnc(C2CCCN(C(=O)CN3CCCCCC3)C2)n1C. The van der Waals surface area contributed by atoms with Gasteiger partial charge in [0.15, 0.2) is 0 Å². The Kier molecular flexibility index (Phi) is 6.64. The van der Waals surface area contributed by atoms with Crippen LogP contribution >= 0.6 is 0 Å². The molecule has 0 bridgehead atoms. The first-order chi connectivity index (χ1) is 12.5. The van der Waals surface area contributed by atoms with Gasteiger partial charge in [-0.05, 0) is 52.9 Å². The minimum absolute atomic E-state index is 0.285. The van der Waals surface area contributed by atoms with Crippen LogP contribution in [0.25, 0.3) is 0 Å². The maximum absolute atomic E-state index is 12.8. The fourth-order valence-corrected chi connectivity index (χ4v) is 4.15. The largest absolute Gasteiger partial charge is 0.341 e. The molecule has 146 valence electrons. The first kappa shape index (κ1) is 19.3. The predicted octanol–water partition coefficient (Wildman–Crippen LogP) is 1.46. The van der Waals surface area contributed by atoms with Crippen molar-refractivity contribution in [3.8, 4) is 0 Å². The first-order valence-electron chi connectivity index (χ1n) is 10.1. The maximum Gasteiger partial charge on any atom is 0.236 e. The van der Waals surface area contributed by atoms with E-state index in [1.54, 1.807) is 0 Å². The molecule has 1 aromatic heterocycles. The zero-order valence-electron chi connectivity index (χ0n) is 16.7. The Morgan fingerprint density at radius 1 is 1.08 bits per heavy atom. The number of carbonyl (C=O) groups is 1. The third-order valence-corrected chi connectivity index (χ3v) is 5.65. The fourth-order valence-electron chi connectivity index (χ4n) is 4.15. The average molecular weight is 363 g/mol. The second-order valence-corrected chi connectivity index (χ2v) is 8.14. The molecule has 0 aromatic carbocycles. The first-order valence-corrected chi connectivity index (χ1v) is 10.1. The number of nitrogens with zero attached hydrogens (tertiary/aromatic N) is 6. The highest BCUT2D eigenvalue weighted by Crippen LogP contribution is 2.26. The lowest BCUT2D eigenvalue weighted by atomic mass is 9.97. The van der Waals surface area contributed by atoms with E-state index in [-0.39, 0.29) is 5.91 Å². The Hall–Kier alpha value is -1.47. The van der Waals surface area contributed by atoms with Crippen LogP contribution in [0.5, 0.6) is 0 Å². The standard InChI is InChI=1S/C19H34N6O/c1-22(2)14-17-20-21-19(23(17)3)16-9-8-12-25(13-16)18(26)15-24-10-6-4-5-7-11-24/h16H,4-15H2,1-3H3. The van der Waals surface area contributed by atoms with Crippen LogP contribution < -0.4 is 0 Å². The number of carbonyl (C=O) groups excluding carboxylic acids is 1. The molecular formula is C19H34N6O. The zero-order valence-corrected chi connectivity index (χ0v) is 16.7. The van der Waals surface area contributed by atoms with E-state index in [2.05, 4.69) is 29.5 Å². The molecular weight excluding hydrogens is 328 g/mol. The monoisotopic (exact) mass is 362 g/mol. The second kappa shape index (κ2) is 8.95. The zero-order chi connectivity index (χ0) is 18.5. The lowest BCUT2D eigenvalue weighted by molar-refractivity contribution is -0.133. The summed E-state index contributed by atoms with van der Waals surface area (Å²) in [7, 11) is 6.13. The van der Waals surface area contributed by atoms with Crippen molar-refractivity contribution in [1.29, 1.82) is 0 Å². The summed E-state index contributed by atoms with van der Waals surface area (Å²) in [6.45, 7) is 5.16. The fraction of sp³-hybridized carbons (Fsp3) is 0.842. The van der Waals surface area contributed by atoms with Crippen molar-refractivity contribution >= 4 is 5.91 Å². The van der Waals surface area contributed by atoms with E-state index in [9.17, 15) is 4.79 Å². The van der Waals surface area contributed by atoms with E-state index in [0.29, 0.717) is 12.5 Å². The van der Waals surface area contributed by atoms with Gasteiger partial charge in [0.25, 0.3) is 0 Å². The van der Waals surface area contributed by atoms with Gasteiger partial charge in [-0.1, -0.05) is 12.8 Å². The molecule has 2 aliphatic rings. The Balaban J connectivity index is 1.60. The molecule has 1 unspecified atom stereocenters. The summed E-state index contributed by atoms with van der Waals surface area (Å²) in [6.07, 6.45) is 7.19. The van der Waals surface area contributed by atoms with Gasteiger partial charge in [0.1, 0.15) is 11.6 Å². The van der Waals surface area contributed by atoms with Crippen molar-refractivity contribution in [2.45, 2.75) is 51.0 Å². The van der Waals surface area contributed by atoms with Crippen molar-refractivity contribution in [3.63, 3.8) is 0 Å². The molecule has 0 radical (unpaired) electrons. The summed E-state index contributed by atoms with van der Waals surface area (Å²) in [5.74, 6) is 2.59. The van der Waals surface area contributed by atoms with Gasteiger partial charge in [0.05, 0.1) is 13.1 Å². The van der Waals surface area contributed by atoms with Crippen LogP contribution in [0.1, 0.15) is 56.1 Å². The molecule has 3 rings (SSSR count). The Morgan fingerprint density at radius 3 is 2.50 bits per heavy atom. The normalized spacial score (nSPS) is 22.6. The number of rotatable bonds is 5. The summed E-state index contributed by atoms with van der Waals surface area (Å²) in [5, 5.41) is 8.82. The molecule has 7 nitrogen and oxygen atoms in total. The number of hydrogen-bond acceptors (Lipinski definition) is 5. The number of likely N-dealkylation sites (tertiary alicyclic amines) is 2. The molecule has 26 heavy (non-hydrogen) atoms. The topological polar surface area (TPSA) is 57.5 Å². The van der Waals surface area contributed by atoms with Crippen molar-refractivity contribution in [1.82, 2.24) is 29.5 Å². The number of aromatic nitrogens is 3. The lowest BCUT2D eigenvalue weighted by Crippen LogP contribution is -2.45. The number of hydrogen-bond donors (Lipinski definition) is 0. The molecule has 3 heterocycles. The van der Waals surface area contributed by atoms with Crippen LogP contribution in [-0.4, -0.2) is 82.2 Å². The second-order valence-electron chi connectivity index (χ2n) is 8.14. The van der Waals surface area contributed by atoms with Crippen molar-refractivity contribution in [2.24, 2.45) is 7.05 Å². The molecule has 1 amide bonds. The van der Waals surface area contributed by atoms with Crippen LogP contribution in [0.2, 0.25) is 0 Å². The third-order valence-electron chi connectivity index (χ3n) is 5.65. The van der Waals surface area contributed by atoms with E-state index in [0.717, 1.165) is 57.2 Å². The minimum Gasteiger partial charge on any atom is -0.341 e. The number of piperidine rings is 1. The van der Waals surface area contributed by atoms with E-state index in [1.165, 1.54) is 25.7 Å². The van der Waals surface area contributed by atoms with Crippen molar-refractivity contribution in [2.75, 3.05) is 46.8 Å². The molecule has 2 fully saturated rings. The molecule has 1 atom stereocenters. The van der Waals surface area contributed by atoms with Crippen LogP contribution in [0, 0.1) is 0 Å². The summed E-state index contributed by atoms with van der Waals surface area (Å²) in [4.78, 5) is 19.3. The number of amides is 1. The highest BCUT2D eigenvalue weighted by molar-refractivity contribution is 5.78. The Morgan fingerprint density at radius 2 is 1.81 bits per heavy atom. The van der Waals surface area contributed by atoms with Crippen LogP contribution in [0.3, 0.4) is 0 Å². The van der Waals surface area contributed by atoms with Gasteiger partial charge in [-0.2, -0.15) is 0 Å².